The van der Waals surface area contributed by atoms with Gasteiger partial charge in [0.15, 0.2) is 0 Å². The lowest BCUT2D eigenvalue weighted by Gasteiger charge is -2.24. The molecule has 1 aromatic carbocycles. The maximum atomic E-state index is 11.4. The van der Waals surface area contributed by atoms with E-state index in [1.807, 2.05) is 5.38 Å². The Morgan fingerprint density at radius 3 is 2.81 bits per heavy atom. The minimum Gasteiger partial charge on any atom is -0.359 e. The molecule has 6 nitrogen and oxygen atoms in total. The fourth-order valence-electron chi connectivity index (χ4n) is 2.45. The van der Waals surface area contributed by atoms with E-state index >= 15 is 0 Å². The van der Waals surface area contributed by atoms with Crippen LogP contribution in [-0.4, -0.2) is 11.0 Å². The molecule has 0 radical (unpaired) electrons. The number of hydrazine groups is 1. The van der Waals surface area contributed by atoms with Gasteiger partial charge in [-0.25, -0.2) is 0 Å². The molecule has 2 aromatic rings. The number of anilines is 2. The molecule has 0 spiro atoms. The number of thiophene rings is 1. The van der Waals surface area contributed by atoms with Crippen LogP contribution in [0.25, 0.3) is 0 Å². The Labute approximate surface area is 126 Å². The van der Waals surface area contributed by atoms with E-state index in [4.69, 9.17) is 5.84 Å². The zero-order valence-corrected chi connectivity index (χ0v) is 12.2. The number of nitro groups is 1. The van der Waals surface area contributed by atoms with Gasteiger partial charge in [-0.1, -0.05) is 6.07 Å². The van der Waals surface area contributed by atoms with Gasteiger partial charge in [0, 0.05) is 12.6 Å². The van der Waals surface area contributed by atoms with Crippen LogP contribution in [0.3, 0.4) is 0 Å². The van der Waals surface area contributed by atoms with E-state index in [2.05, 4.69) is 21.8 Å². The van der Waals surface area contributed by atoms with Crippen molar-refractivity contribution in [2.24, 2.45) is 5.84 Å². The largest absolute Gasteiger partial charge is 0.359 e. The van der Waals surface area contributed by atoms with Crippen molar-refractivity contribution < 1.29 is 4.92 Å². The van der Waals surface area contributed by atoms with E-state index < -0.39 is 0 Å². The molecule has 1 fully saturated rings. The number of hydrogen-bond acceptors (Lipinski definition) is 6. The van der Waals surface area contributed by atoms with Gasteiger partial charge in [-0.3, -0.25) is 16.0 Å². The van der Waals surface area contributed by atoms with E-state index in [0.717, 1.165) is 12.8 Å². The number of para-hydroxylation sites is 1. The summed E-state index contributed by atoms with van der Waals surface area (Å²) in [6, 6.07) is 7.63. The highest BCUT2D eigenvalue weighted by atomic mass is 32.1. The van der Waals surface area contributed by atoms with E-state index in [-0.39, 0.29) is 10.6 Å². The van der Waals surface area contributed by atoms with Crippen molar-refractivity contribution in [2.75, 3.05) is 10.3 Å². The third-order valence-electron chi connectivity index (χ3n) is 3.58. The summed E-state index contributed by atoms with van der Waals surface area (Å²) in [5.41, 5.74) is 4.61. The first kappa shape index (κ1) is 13.8. The highest BCUT2D eigenvalue weighted by molar-refractivity contribution is 7.07. The van der Waals surface area contributed by atoms with Crippen molar-refractivity contribution in [3.63, 3.8) is 0 Å². The molecule has 21 heavy (non-hydrogen) atoms. The summed E-state index contributed by atoms with van der Waals surface area (Å²) in [5.74, 6) is 5.41. The molecule has 0 amide bonds. The first-order valence-corrected chi connectivity index (χ1v) is 7.66. The molecule has 1 aromatic heterocycles. The quantitative estimate of drug-likeness (QED) is 0.486. The average Bonchev–Trinajstić information content (AvgIpc) is 3.20. The maximum Gasteiger partial charge on any atom is 0.316 e. The fourth-order valence-corrected chi connectivity index (χ4v) is 3.11. The van der Waals surface area contributed by atoms with Crippen LogP contribution < -0.4 is 16.2 Å². The van der Waals surface area contributed by atoms with E-state index in [0.29, 0.717) is 24.0 Å². The third kappa shape index (κ3) is 2.84. The number of nitrogen functional groups attached to an aromatic ring is 1. The number of nitrogens with two attached hydrogens (primary N) is 1. The lowest BCUT2D eigenvalue weighted by Crippen LogP contribution is -2.26. The van der Waals surface area contributed by atoms with Gasteiger partial charge in [0.2, 0.25) is 0 Å². The number of nitrogens with one attached hydrogen (secondary N) is 1. The van der Waals surface area contributed by atoms with Gasteiger partial charge in [-0.2, -0.15) is 11.3 Å². The van der Waals surface area contributed by atoms with Gasteiger partial charge in [0.25, 0.3) is 0 Å². The summed E-state index contributed by atoms with van der Waals surface area (Å²) in [5, 5.41) is 15.5. The predicted molar refractivity (Wildman–Crippen MR) is 84.4 cm³/mol. The molecule has 1 heterocycles. The highest BCUT2D eigenvalue weighted by Gasteiger charge is 2.34. The second-order valence-corrected chi connectivity index (χ2v) is 5.85. The molecule has 1 aliphatic rings. The fraction of sp³-hybridized carbons (Fsp3) is 0.286. The summed E-state index contributed by atoms with van der Waals surface area (Å²) >= 11 is 1.63. The normalized spacial score (nSPS) is 14.0. The minimum absolute atomic E-state index is 0.0436. The first-order valence-electron chi connectivity index (χ1n) is 6.72. The van der Waals surface area contributed by atoms with Crippen molar-refractivity contribution in [3.8, 4) is 0 Å². The van der Waals surface area contributed by atoms with E-state index in [9.17, 15) is 10.1 Å². The third-order valence-corrected chi connectivity index (χ3v) is 4.31. The standard InChI is InChI=1S/C14H16N4O2S/c15-16-12-2-1-3-13(14(12)18(19)20)17(11-4-5-11)8-10-6-7-21-9-10/h1-3,6-7,9,11,16H,4-5,8,15H2. The molecule has 0 unspecified atom stereocenters. The Hall–Kier alpha value is -2.12. The van der Waals surface area contributed by atoms with Gasteiger partial charge in [-0.15, -0.1) is 0 Å². The Morgan fingerprint density at radius 2 is 2.24 bits per heavy atom. The molecular weight excluding hydrogens is 288 g/mol. The minimum atomic E-state index is -0.368. The summed E-state index contributed by atoms with van der Waals surface area (Å²) in [6.45, 7) is 0.684. The Bertz CT molecular complexity index is 640. The second-order valence-electron chi connectivity index (χ2n) is 5.07. The number of nitrogens with zero attached hydrogens (tertiary/aromatic N) is 2. The van der Waals surface area contributed by atoms with Crippen LogP contribution >= 0.6 is 11.3 Å². The SMILES string of the molecule is NNc1cccc(N(Cc2ccsc2)C2CC2)c1[N+](=O)[O-]. The molecular formula is C14H16N4O2S. The lowest BCUT2D eigenvalue weighted by molar-refractivity contribution is -0.383. The molecule has 0 aliphatic heterocycles. The van der Waals surface area contributed by atoms with Gasteiger partial charge in [0.05, 0.1) is 4.92 Å². The smallest absolute Gasteiger partial charge is 0.316 e. The number of nitro benzene ring substituents is 1. The van der Waals surface area contributed by atoms with Crippen molar-refractivity contribution in [2.45, 2.75) is 25.4 Å². The summed E-state index contributed by atoms with van der Waals surface area (Å²) in [4.78, 5) is 13.2. The average molecular weight is 304 g/mol. The molecule has 3 N–H and O–H groups in total. The van der Waals surface area contributed by atoms with Crippen LogP contribution in [0.1, 0.15) is 18.4 Å². The zero-order valence-electron chi connectivity index (χ0n) is 11.4. The van der Waals surface area contributed by atoms with Gasteiger partial charge in [-0.05, 0) is 47.4 Å². The maximum absolute atomic E-state index is 11.4. The Balaban J connectivity index is 2.01. The summed E-state index contributed by atoms with van der Waals surface area (Å²) < 4.78 is 0. The lowest BCUT2D eigenvalue weighted by atomic mass is 10.2. The summed E-state index contributed by atoms with van der Waals surface area (Å²) in [7, 11) is 0. The van der Waals surface area contributed by atoms with Gasteiger partial charge < -0.3 is 10.3 Å². The molecule has 1 aliphatic carbocycles. The second kappa shape index (κ2) is 5.71. The van der Waals surface area contributed by atoms with Gasteiger partial charge in [0.1, 0.15) is 11.4 Å². The highest BCUT2D eigenvalue weighted by Crippen LogP contribution is 2.41. The zero-order chi connectivity index (χ0) is 14.8. The predicted octanol–water partition coefficient (Wildman–Crippen LogP) is 3.11. The Kier molecular flexibility index (Phi) is 3.76. The molecule has 7 heteroatoms. The van der Waals surface area contributed by atoms with Gasteiger partial charge >= 0.3 is 5.69 Å². The molecule has 0 saturated heterocycles. The molecule has 3 rings (SSSR count). The molecule has 0 atom stereocenters. The Morgan fingerprint density at radius 1 is 1.43 bits per heavy atom. The number of hydrogen-bond donors (Lipinski definition) is 2. The van der Waals surface area contributed by atoms with Crippen LogP contribution in [-0.2, 0) is 6.54 Å². The molecule has 0 bridgehead atoms. The topological polar surface area (TPSA) is 84.4 Å². The molecule has 1 saturated carbocycles. The van der Waals surface area contributed by atoms with Crippen molar-refractivity contribution in [1.82, 2.24) is 0 Å². The van der Waals surface area contributed by atoms with Crippen LogP contribution in [0.5, 0.6) is 0 Å². The molecule has 110 valence electrons. The van der Waals surface area contributed by atoms with Crippen LogP contribution in [0.2, 0.25) is 0 Å². The monoisotopic (exact) mass is 304 g/mol. The van der Waals surface area contributed by atoms with Crippen molar-refractivity contribution in [3.05, 3.63) is 50.7 Å². The van der Waals surface area contributed by atoms with Crippen molar-refractivity contribution in [1.29, 1.82) is 0 Å². The first-order chi connectivity index (χ1) is 10.2. The summed E-state index contributed by atoms with van der Waals surface area (Å²) in [6.07, 6.45) is 2.14. The number of benzene rings is 1. The van der Waals surface area contributed by atoms with Crippen LogP contribution in [0, 0.1) is 10.1 Å². The van der Waals surface area contributed by atoms with Crippen molar-refractivity contribution >= 4 is 28.4 Å². The van der Waals surface area contributed by atoms with E-state index in [1.165, 1.54) is 5.56 Å². The van der Waals surface area contributed by atoms with E-state index in [1.54, 1.807) is 29.5 Å². The van der Waals surface area contributed by atoms with Crippen LogP contribution in [0.4, 0.5) is 17.1 Å². The van der Waals surface area contributed by atoms with Crippen LogP contribution in [0.15, 0.2) is 35.0 Å². The number of rotatable bonds is 6.